The van der Waals surface area contributed by atoms with Crippen LogP contribution in [-0.4, -0.2) is 9.38 Å². The number of fused-ring (bicyclic) bond motifs is 1. The Morgan fingerprint density at radius 1 is 1.36 bits per heavy atom. The molecule has 74 valence electrons. The maximum absolute atomic E-state index is 4.58. The van der Waals surface area contributed by atoms with Gasteiger partial charge in [-0.25, -0.2) is 4.98 Å². The van der Waals surface area contributed by atoms with Gasteiger partial charge >= 0.3 is 0 Å². The first-order chi connectivity index (χ1) is 6.61. The summed E-state index contributed by atoms with van der Waals surface area (Å²) in [5.74, 6) is 1.56. The Hall–Kier alpha value is -0.830. The molecule has 0 saturated carbocycles. The summed E-state index contributed by atoms with van der Waals surface area (Å²) in [4.78, 5) is 4.58. The summed E-state index contributed by atoms with van der Waals surface area (Å²) in [7, 11) is 0. The molecule has 0 amide bonds. The highest BCUT2D eigenvalue weighted by Gasteiger charge is 2.12. The molecule has 0 spiro atoms. The standard InChI is InChI=1S/C11H13BrN2/c1-7(2)11-13-8(3)9-5-4-6-10(12)14(9)11/h4-7H,1-3H3. The van der Waals surface area contributed by atoms with Crippen LogP contribution >= 0.6 is 15.9 Å². The zero-order valence-electron chi connectivity index (χ0n) is 8.58. The van der Waals surface area contributed by atoms with E-state index in [1.807, 2.05) is 19.1 Å². The molecule has 2 aromatic rings. The predicted molar refractivity (Wildman–Crippen MR) is 61.7 cm³/mol. The first-order valence-corrected chi connectivity index (χ1v) is 5.54. The molecule has 0 bridgehead atoms. The van der Waals surface area contributed by atoms with Gasteiger partial charge in [0.2, 0.25) is 0 Å². The van der Waals surface area contributed by atoms with Gasteiger partial charge in [0, 0.05) is 5.92 Å². The maximum atomic E-state index is 4.58. The van der Waals surface area contributed by atoms with Crippen LogP contribution in [0.1, 0.15) is 31.3 Å². The van der Waals surface area contributed by atoms with E-state index in [1.54, 1.807) is 0 Å². The number of imidazole rings is 1. The molecule has 3 heteroatoms. The van der Waals surface area contributed by atoms with Crippen LogP contribution in [0, 0.1) is 6.92 Å². The van der Waals surface area contributed by atoms with E-state index in [0.29, 0.717) is 5.92 Å². The van der Waals surface area contributed by atoms with Crippen molar-refractivity contribution in [3.63, 3.8) is 0 Å². The van der Waals surface area contributed by atoms with E-state index in [1.165, 1.54) is 5.52 Å². The Morgan fingerprint density at radius 3 is 2.71 bits per heavy atom. The third kappa shape index (κ3) is 1.36. The zero-order valence-corrected chi connectivity index (χ0v) is 10.2. The molecule has 0 aliphatic heterocycles. The summed E-state index contributed by atoms with van der Waals surface area (Å²) in [6, 6.07) is 6.18. The molecule has 0 fully saturated rings. The maximum Gasteiger partial charge on any atom is 0.117 e. The minimum absolute atomic E-state index is 0.440. The third-order valence-corrected chi connectivity index (χ3v) is 2.96. The third-order valence-electron chi connectivity index (χ3n) is 2.34. The number of rotatable bonds is 1. The van der Waals surface area contributed by atoms with E-state index in [-0.39, 0.29) is 0 Å². The van der Waals surface area contributed by atoms with Crippen LogP contribution in [0.3, 0.4) is 0 Å². The molecule has 0 radical (unpaired) electrons. The number of pyridine rings is 1. The van der Waals surface area contributed by atoms with Gasteiger partial charge < -0.3 is 0 Å². The van der Waals surface area contributed by atoms with Gasteiger partial charge in [-0.05, 0) is 35.0 Å². The van der Waals surface area contributed by atoms with Gasteiger partial charge in [-0.1, -0.05) is 19.9 Å². The molecule has 0 aromatic carbocycles. The van der Waals surface area contributed by atoms with Crippen molar-refractivity contribution in [1.82, 2.24) is 9.38 Å². The topological polar surface area (TPSA) is 17.3 Å². The van der Waals surface area contributed by atoms with Crippen LogP contribution in [0.2, 0.25) is 0 Å². The van der Waals surface area contributed by atoms with E-state index in [9.17, 15) is 0 Å². The summed E-state index contributed by atoms with van der Waals surface area (Å²) in [5, 5.41) is 0. The molecule has 0 unspecified atom stereocenters. The highest BCUT2D eigenvalue weighted by Crippen LogP contribution is 2.23. The van der Waals surface area contributed by atoms with E-state index >= 15 is 0 Å². The van der Waals surface area contributed by atoms with Crippen molar-refractivity contribution in [3.05, 3.63) is 34.3 Å². The van der Waals surface area contributed by atoms with E-state index < -0.39 is 0 Å². The zero-order chi connectivity index (χ0) is 10.3. The molecule has 0 N–H and O–H groups in total. The number of nitrogens with zero attached hydrogens (tertiary/aromatic N) is 2. The molecule has 2 rings (SSSR count). The van der Waals surface area contributed by atoms with Crippen molar-refractivity contribution >= 4 is 21.4 Å². The van der Waals surface area contributed by atoms with Crippen molar-refractivity contribution in [3.8, 4) is 0 Å². The lowest BCUT2D eigenvalue weighted by atomic mass is 10.2. The van der Waals surface area contributed by atoms with Gasteiger partial charge in [-0.2, -0.15) is 0 Å². The van der Waals surface area contributed by atoms with Crippen LogP contribution < -0.4 is 0 Å². The van der Waals surface area contributed by atoms with Crippen LogP contribution in [0.25, 0.3) is 5.52 Å². The Labute approximate surface area is 92.1 Å². The highest BCUT2D eigenvalue weighted by molar-refractivity contribution is 9.10. The summed E-state index contributed by atoms with van der Waals surface area (Å²) in [5.41, 5.74) is 2.28. The van der Waals surface area contributed by atoms with E-state index in [0.717, 1.165) is 16.1 Å². The molecular weight excluding hydrogens is 240 g/mol. The number of halogens is 1. The van der Waals surface area contributed by atoms with Gasteiger partial charge in [-0.3, -0.25) is 4.40 Å². The van der Waals surface area contributed by atoms with Gasteiger partial charge in [0.05, 0.1) is 15.8 Å². The Balaban J connectivity index is 2.86. The summed E-state index contributed by atoms with van der Waals surface area (Å²) < 4.78 is 3.24. The predicted octanol–water partition coefficient (Wildman–Crippen LogP) is 3.53. The van der Waals surface area contributed by atoms with Crippen LogP contribution in [0.4, 0.5) is 0 Å². The molecule has 2 aromatic heterocycles. The minimum Gasteiger partial charge on any atom is -0.290 e. The average molecular weight is 253 g/mol. The SMILES string of the molecule is Cc1nc(C(C)C)n2c(Br)cccc12. The van der Waals surface area contributed by atoms with Crippen LogP contribution in [0.5, 0.6) is 0 Å². The monoisotopic (exact) mass is 252 g/mol. The first-order valence-electron chi connectivity index (χ1n) is 4.74. The lowest BCUT2D eigenvalue weighted by molar-refractivity contribution is 0.763. The average Bonchev–Trinajstić information content (AvgIpc) is 2.46. The van der Waals surface area contributed by atoms with Crippen LogP contribution in [-0.2, 0) is 0 Å². The fourth-order valence-corrected chi connectivity index (χ4v) is 2.19. The second-order valence-corrected chi connectivity index (χ2v) is 4.59. The number of aryl methyl sites for hydroxylation is 1. The Bertz CT molecular complexity index is 471. The lowest BCUT2D eigenvalue weighted by Crippen LogP contribution is -1.97. The van der Waals surface area contributed by atoms with Crippen molar-refractivity contribution in [2.24, 2.45) is 0 Å². The quantitative estimate of drug-likeness (QED) is 0.710. The summed E-state index contributed by atoms with van der Waals surface area (Å²) in [6.07, 6.45) is 0. The van der Waals surface area contributed by atoms with E-state index in [2.05, 4.69) is 45.2 Å². The largest absolute Gasteiger partial charge is 0.290 e. The van der Waals surface area contributed by atoms with Crippen molar-refractivity contribution < 1.29 is 0 Å². The second-order valence-electron chi connectivity index (χ2n) is 3.78. The minimum atomic E-state index is 0.440. The van der Waals surface area contributed by atoms with Crippen molar-refractivity contribution in [2.75, 3.05) is 0 Å². The lowest BCUT2D eigenvalue weighted by Gasteiger charge is -2.05. The number of hydrogen-bond donors (Lipinski definition) is 0. The molecule has 0 saturated heterocycles. The fraction of sp³-hybridized carbons (Fsp3) is 0.364. The number of hydrogen-bond acceptors (Lipinski definition) is 1. The van der Waals surface area contributed by atoms with E-state index in [4.69, 9.17) is 0 Å². The Kier molecular flexibility index (Phi) is 2.35. The summed E-state index contributed by atoms with van der Waals surface area (Å²) >= 11 is 3.55. The van der Waals surface area contributed by atoms with Gasteiger partial charge in [0.25, 0.3) is 0 Å². The van der Waals surface area contributed by atoms with Gasteiger partial charge in [0.15, 0.2) is 0 Å². The fourth-order valence-electron chi connectivity index (χ4n) is 1.66. The number of aromatic nitrogens is 2. The molecule has 2 nitrogen and oxygen atoms in total. The van der Waals surface area contributed by atoms with Gasteiger partial charge in [0.1, 0.15) is 5.82 Å². The summed E-state index contributed by atoms with van der Waals surface area (Å²) in [6.45, 7) is 6.37. The first kappa shape index (κ1) is 9.71. The van der Waals surface area contributed by atoms with Crippen molar-refractivity contribution in [1.29, 1.82) is 0 Å². The van der Waals surface area contributed by atoms with Gasteiger partial charge in [-0.15, -0.1) is 0 Å². The Morgan fingerprint density at radius 2 is 2.07 bits per heavy atom. The van der Waals surface area contributed by atoms with Crippen LogP contribution in [0.15, 0.2) is 22.8 Å². The smallest absolute Gasteiger partial charge is 0.117 e. The molecular formula is C11H13BrN2. The normalized spacial score (nSPS) is 11.5. The molecule has 2 heterocycles. The molecule has 0 atom stereocenters. The highest BCUT2D eigenvalue weighted by atomic mass is 79.9. The molecule has 0 aliphatic carbocycles. The molecule has 0 aliphatic rings. The second kappa shape index (κ2) is 3.39. The molecule has 14 heavy (non-hydrogen) atoms. The van der Waals surface area contributed by atoms with Crippen molar-refractivity contribution in [2.45, 2.75) is 26.7 Å².